The van der Waals surface area contributed by atoms with Crippen molar-refractivity contribution >= 4 is 5.91 Å². The van der Waals surface area contributed by atoms with Crippen LogP contribution in [0.3, 0.4) is 0 Å². The van der Waals surface area contributed by atoms with Crippen molar-refractivity contribution in [2.24, 2.45) is 11.7 Å². The van der Waals surface area contributed by atoms with Crippen LogP contribution in [0, 0.1) is 5.92 Å². The average Bonchev–Trinajstić information content (AvgIpc) is 2.15. The molecule has 4 nitrogen and oxygen atoms in total. The van der Waals surface area contributed by atoms with Crippen LogP contribution in [-0.2, 0) is 4.79 Å². The Balaban J connectivity index is 2.44. The Morgan fingerprint density at radius 1 is 1.60 bits per heavy atom. The molecule has 1 aliphatic rings. The summed E-state index contributed by atoms with van der Waals surface area (Å²) in [4.78, 5) is 13.6. The van der Waals surface area contributed by atoms with E-state index >= 15 is 0 Å². The van der Waals surface area contributed by atoms with Gasteiger partial charge in [-0.15, -0.1) is 0 Å². The zero-order valence-electron chi connectivity index (χ0n) is 9.65. The van der Waals surface area contributed by atoms with E-state index in [1.807, 2.05) is 0 Å². The molecule has 0 aromatic carbocycles. The van der Waals surface area contributed by atoms with Gasteiger partial charge in [-0.2, -0.15) is 0 Å². The first-order valence-electron chi connectivity index (χ1n) is 5.73. The Hall–Kier alpha value is -0.610. The van der Waals surface area contributed by atoms with Crippen LogP contribution in [0.25, 0.3) is 0 Å². The fraction of sp³-hybridized carbons (Fsp3) is 0.909. The Bertz CT molecular complexity index is 219. The van der Waals surface area contributed by atoms with Gasteiger partial charge in [0, 0.05) is 13.1 Å². The second kappa shape index (κ2) is 5.47. The van der Waals surface area contributed by atoms with Gasteiger partial charge in [0.25, 0.3) is 0 Å². The molecule has 0 radical (unpaired) electrons. The molecule has 0 aromatic rings. The summed E-state index contributed by atoms with van der Waals surface area (Å²) in [7, 11) is 0. The van der Waals surface area contributed by atoms with Crippen molar-refractivity contribution < 1.29 is 9.90 Å². The molecule has 0 aromatic heterocycles. The number of hydrogen-bond acceptors (Lipinski definition) is 3. The summed E-state index contributed by atoms with van der Waals surface area (Å²) in [6.07, 6.45) is 2.02. The number of aliphatic hydroxyl groups excluding tert-OH is 1. The number of piperidine rings is 1. The number of amides is 1. The molecular formula is C11H22N2O2. The van der Waals surface area contributed by atoms with Gasteiger partial charge in [0.1, 0.15) is 0 Å². The molecule has 3 N–H and O–H groups in total. The summed E-state index contributed by atoms with van der Waals surface area (Å²) in [5.41, 5.74) is 5.82. The molecule has 88 valence electrons. The molecule has 2 atom stereocenters. The van der Waals surface area contributed by atoms with Crippen LogP contribution in [0.1, 0.15) is 33.1 Å². The molecule has 1 heterocycles. The highest BCUT2D eigenvalue weighted by Gasteiger charge is 2.26. The molecule has 0 spiro atoms. The van der Waals surface area contributed by atoms with Crippen molar-refractivity contribution in [3.63, 3.8) is 0 Å². The van der Waals surface area contributed by atoms with Crippen molar-refractivity contribution in [2.75, 3.05) is 13.1 Å². The van der Waals surface area contributed by atoms with Crippen molar-refractivity contribution in [1.29, 1.82) is 0 Å². The van der Waals surface area contributed by atoms with E-state index in [0.717, 1.165) is 19.4 Å². The third kappa shape index (κ3) is 3.80. The van der Waals surface area contributed by atoms with Crippen LogP contribution >= 0.6 is 0 Å². The Kier molecular flexibility index (Phi) is 4.54. The summed E-state index contributed by atoms with van der Waals surface area (Å²) < 4.78 is 0. The van der Waals surface area contributed by atoms with Crippen LogP contribution in [0.2, 0.25) is 0 Å². The van der Waals surface area contributed by atoms with Gasteiger partial charge in [0.2, 0.25) is 5.91 Å². The quantitative estimate of drug-likeness (QED) is 0.712. The van der Waals surface area contributed by atoms with Gasteiger partial charge in [-0.3, -0.25) is 4.79 Å². The van der Waals surface area contributed by atoms with E-state index in [-0.39, 0.29) is 12.0 Å². The third-order valence-electron chi connectivity index (χ3n) is 2.75. The van der Waals surface area contributed by atoms with Crippen LogP contribution in [0.15, 0.2) is 0 Å². The molecule has 15 heavy (non-hydrogen) atoms. The molecular weight excluding hydrogens is 192 g/mol. The van der Waals surface area contributed by atoms with Crippen molar-refractivity contribution in [1.82, 2.24) is 4.90 Å². The highest BCUT2D eigenvalue weighted by atomic mass is 16.3. The third-order valence-corrected chi connectivity index (χ3v) is 2.75. The number of carbonyl (C=O) groups is 1. The SMILES string of the molecule is CC(C)CC(N)C(=O)N1CCCC(O)C1. The zero-order chi connectivity index (χ0) is 11.4. The fourth-order valence-corrected chi connectivity index (χ4v) is 2.00. The molecule has 2 unspecified atom stereocenters. The molecule has 0 aliphatic carbocycles. The molecule has 1 saturated heterocycles. The van der Waals surface area contributed by atoms with Crippen LogP contribution in [-0.4, -0.2) is 41.1 Å². The summed E-state index contributed by atoms with van der Waals surface area (Å²) >= 11 is 0. The van der Waals surface area contributed by atoms with E-state index in [9.17, 15) is 9.90 Å². The number of likely N-dealkylation sites (tertiary alicyclic amines) is 1. The lowest BCUT2D eigenvalue weighted by Gasteiger charge is -2.32. The van der Waals surface area contributed by atoms with Crippen molar-refractivity contribution in [3.05, 3.63) is 0 Å². The van der Waals surface area contributed by atoms with Gasteiger partial charge < -0.3 is 15.7 Å². The van der Waals surface area contributed by atoms with E-state index < -0.39 is 6.04 Å². The number of aliphatic hydroxyl groups is 1. The van der Waals surface area contributed by atoms with Crippen LogP contribution in [0.5, 0.6) is 0 Å². The zero-order valence-corrected chi connectivity index (χ0v) is 9.65. The highest BCUT2D eigenvalue weighted by Crippen LogP contribution is 2.12. The number of hydrogen-bond donors (Lipinski definition) is 2. The minimum absolute atomic E-state index is 0.0116. The van der Waals surface area contributed by atoms with Crippen LogP contribution in [0.4, 0.5) is 0 Å². The normalized spacial score (nSPS) is 24.3. The number of carbonyl (C=O) groups excluding carboxylic acids is 1. The second-order valence-corrected chi connectivity index (χ2v) is 4.82. The number of rotatable bonds is 3. The van der Waals surface area contributed by atoms with E-state index in [4.69, 9.17) is 5.73 Å². The summed E-state index contributed by atoms with van der Waals surface area (Å²) in [5.74, 6) is 0.418. The topological polar surface area (TPSA) is 66.6 Å². The maximum Gasteiger partial charge on any atom is 0.239 e. The van der Waals surface area contributed by atoms with E-state index in [2.05, 4.69) is 13.8 Å². The fourth-order valence-electron chi connectivity index (χ4n) is 2.00. The monoisotopic (exact) mass is 214 g/mol. The van der Waals surface area contributed by atoms with Crippen molar-refractivity contribution in [2.45, 2.75) is 45.3 Å². The molecule has 1 fully saturated rings. The summed E-state index contributed by atoms with van der Waals surface area (Å²) in [5, 5.41) is 9.46. The molecule has 4 heteroatoms. The highest BCUT2D eigenvalue weighted by molar-refractivity contribution is 5.81. The van der Waals surface area contributed by atoms with E-state index in [0.29, 0.717) is 18.9 Å². The first-order valence-corrected chi connectivity index (χ1v) is 5.73. The number of nitrogens with zero attached hydrogens (tertiary/aromatic N) is 1. The van der Waals surface area contributed by atoms with Gasteiger partial charge in [-0.05, 0) is 25.2 Å². The Morgan fingerprint density at radius 2 is 2.27 bits per heavy atom. The first-order chi connectivity index (χ1) is 7.00. The minimum atomic E-state index is -0.407. The van der Waals surface area contributed by atoms with Gasteiger partial charge in [-0.25, -0.2) is 0 Å². The number of nitrogens with two attached hydrogens (primary N) is 1. The minimum Gasteiger partial charge on any atom is -0.391 e. The van der Waals surface area contributed by atoms with Crippen LogP contribution < -0.4 is 5.73 Å². The second-order valence-electron chi connectivity index (χ2n) is 4.82. The van der Waals surface area contributed by atoms with Crippen molar-refractivity contribution in [3.8, 4) is 0 Å². The van der Waals surface area contributed by atoms with Gasteiger partial charge in [-0.1, -0.05) is 13.8 Å². The van der Waals surface area contributed by atoms with Gasteiger partial charge in [0.15, 0.2) is 0 Å². The summed E-state index contributed by atoms with van der Waals surface area (Å²) in [6.45, 7) is 5.29. The maximum atomic E-state index is 11.9. The van der Waals surface area contributed by atoms with E-state index in [1.54, 1.807) is 4.90 Å². The smallest absolute Gasteiger partial charge is 0.239 e. The Labute approximate surface area is 91.4 Å². The number of β-amino-alcohol motifs (C(OH)–C–C–N with tert-alkyl or cyclic N) is 1. The molecule has 1 rings (SSSR count). The largest absolute Gasteiger partial charge is 0.391 e. The van der Waals surface area contributed by atoms with Gasteiger partial charge in [0.05, 0.1) is 12.1 Å². The Morgan fingerprint density at radius 3 is 2.80 bits per heavy atom. The average molecular weight is 214 g/mol. The molecule has 1 aliphatic heterocycles. The lowest BCUT2D eigenvalue weighted by Crippen LogP contribution is -2.49. The van der Waals surface area contributed by atoms with E-state index in [1.165, 1.54) is 0 Å². The lowest BCUT2D eigenvalue weighted by atomic mass is 10.0. The predicted octanol–water partition coefficient (Wildman–Crippen LogP) is 0.343. The first kappa shape index (κ1) is 12.5. The molecule has 0 bridgehead atoms. The maximum absolute atomic E-state index is 11.9. The lowest BCUT2D eigenvalue weighted by molar-refractivity contribution is -0.136. The van der Waals surface area contributed by atoms with Gasteiger partial charge >= 0.3 is 0 Å². The summed E-state index contributed by atoms with van der Waals surface area (Å²) in [6, 6.07) is -0.407. The predicted molar refractivity (Wildman–Crippen MR) is 59.3 cm³/mol. The molecule has 0 saturated carbocycles. The standard InChI is InChI=1S/C11H22N2O2/c1-8(2)6-10(12)11(15)13-5-3-4-9(14)7-13/h8-10,14H,3-7,12H2,1-2H3. The molecule has 1 amide bonds.